The van der Waals surface area contributed by atoms with Gasteiger partial charge in [-0.2, -0.15) is 0 Å². The Morgan fingerprint density at radius 1 is 1.21 bits per heavy atom. The van der Waals surface area contributed by atoms with Crippen molar-refractivity contribution in [2.45, 2.75) is 6.92 Å². The Morgan fingerprint density at radius 3 is 2.68 bits per heavy atom. The van der Waals surface area contributed by atoms with Crippen LogP contribution in [0.1, 0.15) is 16.1 Å². The number of aromatic nitrogens is 2. The van der Waals surface area contributed by atoms with E-state index in [9.17, 15) is 14.9 Å². The lowest BCUT2D eigenvalue weighted by Gasteiger charge is -2.32. The summed E-state index contributed by atoms with van der Waals surface area (Å²) in [7, 11) is 2.02. The molecule has 0 aliphatic carbocycles. The van der Waals surface area contributed by atoms with Crippen LogP contribution in [0.15, 0.2) is 34.9 Å². The summed E-state index contributed by atoms with van der Waals surface area (Å²) in [5.74, 6) is -0.113. The van der Waals surface area contributed by atoms with E-state index >= 15 is 0 Å². The Bertz CT molecular complexity index is 1070. The van der Waals surface area contributed by atoms with E-state index in [2.05, 4.69) is 15.0 Å². The van der Waals surface area contributed by atoms with Crippen molar-refractivity contribution in [1.29, 1.82) is 0 Å². The van der Waals surface area contributed by atoms with Gasteiger partial charge in [0.05, 0.1) is 27.3 Å². The molecule has 144 valence electrons. The largest absolute Gasteiger partial charge is 0.336 e. The van der Waals surface area contributed by atoms with Gasteiger partial charge in [0.1, 0.15) is 0 Å². The highest BCUT2D eigenvalue weighted by Crippen LogP contribution is 2.29. The molecule has 1 aromatic carbocycles. The minimum atomic E-state index is -0.461. The highest BCUT2D eigenvalue weighted by atomic mass is 16.6. The van der Waals surface area contributed by atoms with Crippen LogP contribution < -0.4 is 0 Å². The highest BCUT2D eigenvalue weighted by Gasteiger charge is 2.25. The number of aryl methyl sites for hydroxylation is 1. The van der Waals surface area contributed by atoms with Gasteiger partial charge in [0.15, 0.2) is 0 Å². The first-order valence-corrected chi connectivity index (χ1v) is 8.93. The van der Waals surface area contributed by atoms with Crippen LogP contribution in [-0.2, 0) is 0 Å². The van der Waals surface area contributed by atoms with Crippen molar-refractivity contribution in [2.24, 2.45) is 0 Å². The number of piperazine rings is 1. The van der Waals surface area contributed by atoms with Crippen LogP contribution in [0.2, 0.25) is 0 Å². The molecule has 3 aromatic rings. The van der Waals surface area contributed by atoms with Gasteiger partial charge in [-0.3, -0.25) is 14.9 Å². The summed E-state index contributed by atoms with van der Waals surface area (Å²) in [5, 5.41) is 15.6. The Hall–Kier alpha value is -3.33. The molecule has 2 aromatic heterocycles. The molecule has 0 radical (unpaired) electrons. The maximum atomic E-state index is 13.2. The number of nitrogens with zero attached hydrogens (tertiary/aromatic N) is 5. The molecule has 0 bridgehead atoms. The molecule has 1 saturated heterocycles. The third kappa shape index (κ3) is 3.20. The zero-order valence-corrected chi connectivity index (χ0v) is 15.6. The van der Waals surface area contributed by atoms with Crippen LogP contribution in [0.25, 0.3) is 22.4 Å². The average Bonchev–Trinajstić information content (AvgIpc) is 3.08. The molecule has 28 heavy (non-hydrogen) atoms. The number of likely N-dealkylation sites (N-methyl/N-ethyl adjacent to an activating group) is 1. The first kappa shape index (κ1) is 18.1. The molecule has 1 fully saturated rings. The standard InChI is InChI=1S/C19H19N5O4/c1-12-17-15(19(25)23-8-6-22(2)7-9-23)11-16(20-18(17)28-21-12)13-4-3-5-14(10-13)24(26)27/h3-5,10-11H,6-9H2,1-2H3. The van der Waals surface area contributed by atoms with Gasteiger partial charge >= 0.3 is 0 Å². The summed E-state index contributed by atoms with van der Waals surface area (Å²) in [6.45, 7) is 4.65. The molecule has 3 heterocycles. The van der Waals surface area contributed by atoms with Gasteiger partial charge in [-0.1, -0.05) is 17.3 Å². The number of nitro groups is 1. The van der Waals surface area contributed by atoms with Gasteiger partial charge in [-0.15, -0.1) is 0 Å². The van der Waals surface area contributed by atoms with Crippen LogP contribution >= 0.6 is 0 Å². The van der Waals surface area contributed by atoms with Crippen molar-refractivity contribution in [1.82, 2.24) is 19.9 Å². The lowest BCUT2D eigenvalue weighted by atomic mass is 10.0. The molecule has 0 spiro atoms. The average molecular weight is 381 g/mol. The third-order valence-electron chi connectivity index (χ3n) is 4.99. The Kier molecular flexibility index (Phi) is 4.52. The van der Waals surface area contributed by atoms with E-state index in [1.165, 1.54) is 12.1 Å². The number of pyridine rings is 1. The number of non-ortho nitro benzene ring substituents is 1. The summed E-state index contributed by atoms with van der Waals surface area (Å²) >= 11 is 0. The Morgan fingerprint density at radius 2 is 1.96 bits per heavy atom. The normalized spacial score (nSPS) is 15.1. The van der Waals surface area contributed by atoms with Gasteiger partial charge < -0.3 is 14.3 Å². The Labute approximate surface area is 160 Å². The van der Waals surface area contributed by atoms with E-state index in [4.69, 9.17) is 4.52 Å². The van der Waals surface area contributed by atoms with Crippen molar-refractivity contribution in [3.05, 3.63) is 51.7 Å². The van der Waals surface area contributed by atoms with Crippen molar-refractivity contribution in [3.63, 3.8) is 0 Å². The lowest BCUT2D eigenvalue weighted by molar-refractivity contribution is -0.384. The highest BCUT2D eigenvalue weighted by molar-refractivity contribution is 6.07. The molecule has 0 saturated carbocycles. The van der Waals surface area contributed by atoms with Crippen molar-refractivity contribution in [2.75, 3.05) is 33.2 Å². The summed E-state index contributed by atoms with van der Waals surface area (Å²) in [4.78, 5) is 32.3. The maximum Gasteiger partial charge on any atom is 0.270 e. The molecular weight excluding hydrogens is 362 g/mol. The smallest absolute Gasteiger partial charge is 0.270 e. The summed E-state index contributed by atoms with van der Waals surface area (Å²) < 4.78 is 5.31. The fraction of sp³-hybridized carbons (Fsp3) is 0.316. The quantitative estimate of drug-likeness (QED) is 0.507. The van der Waals surface area contributed by atoms with E-state index in [-0.39, 0.29) is 17.3 Å². The van der Waals surface area contributed by atoms with E-state index in [1.807, 2.05) is 7.05 Å². The number of hydrogen-bond acceptors (Lipinski definition) is 7. The van der Waals surface area contributed by atoms with Crippen LogP contribution in [-0.4, -0.2) is 64.0 Å². The van der Waals surface area contributed by atoms with Crippen LogP contribution in [0.3, 0.4) is 0 Å². The number of benzene rings is 1. The molecule has 4 rings (SSSR count). The molecule has 1 aliphatic rings. The summed E-state index contributed by atoms with van der Waals surface area (Å²) in [5.41, 5.74) is 2.22. The minimum absolute atomic E-state index is 0.0416. The van der Waals surface area contributed by atoms with Gasteiger partial charge in [0.25, 0.3) is 17.3 Å². The van der Waals surface area contributed by atoms with Gasteiger partial charge in [-0.05, 0) is 20.0 Å². The number of carbonyl (C=O) groups excluding carboxylic acids is 1. The number of rotatable bonds is 3. The second-order valence-corrected chi connectivity index (χ2v) is 6.91. The minimum Gasteiger partial charge on any atom is -0.336 e. The van der Waals surface area contributed by atoms with Crippen LogP contribution in [0, 0.1) is 17.0 Å². The molecule has 0 atom stereocenters. The Balaban J connectivity index is 1.81. The van der Waals surface area contributed by atoms with E-state index in [0.29, 0.717) is 41.0 Å². The fourth-order valence-electron chi connectivity index (χ4n) is 3.37. The molecule has 1 amide bonds. The number of nitro benzene ring substituents is 1. The zero-order valence-electron chi connectivity index (χ0n) is 15.6. The van der Waals surface area contributed by atoms with Crippen molar-refractivity contribution in [3.8, 4) is 11.3 Å². The van der Waals surface area contributed by atoms with E-state index in [0.717, 1.165) is 13.1 Å². The summed E-state index contributed by atoms with van der Waals surface area (Å²) in [6.07, 6.45) is 0. The van der Waals surface area contributed by atoms with Gasteiger partial charge in [0, 0.05) is 43.9 Å². The number of amides is 1. The maximum absolute atomic E-state index is 13.2. The van der Waals surface area contributed by atoms with Crippen molar-refractivity contribution >= 4 is 22.7 Å². The summed E-state index contributed by atoms with van der Waals surface area (Å²) in [6, 6.07) is 7.83. The molecule has 9 heteroatoms. The fourth-order valence-corrected chi connectivity index (χ4v) is 3.37. The van der Waals surface area contributed by atoms with Crippen LogP contribution in [0.4, 0.5) is 5.69 Å². The molecular formula is C19H19N5O4. The number of fused-ring (bicyclic) bond motifs is 1. The first-order valence-electron chi connectivity index (χ1n) is 8.93. The molecule has 0 N–H and O–H groups in total. The predicted molar refractivity (Wildman–Crippen MR) is 102 cm³/mol. The van der Waals surface area contributed by atoms with Crippen molar-refractivity contribution < 1.29 is 14.2 Å². The zero-order chi connectivity index (χ0) is 19.8. The number of carbonyl (C=O) groups is 1. The van der Waals surface area contributed by atoms with E-state index in [1.54, 1.807) is 30.0 Å². The molecule has 1 aliphatic heterocycles. The number of hydrogen-bond donors (Lipinski definition) is 0. The topological polar surface area (TPSA) is 106 Å². The molecule has 9 nitrogen and oxygen atoms in total. The third-order valence-corrected chi connectivity index (χ3v) is 4.99. The first-order chi connectivity index (χ1) is 13.4. The van der Waals surface area contributed by atoms with E-state index < -0.39 is 4.92 Å². The monoisotopic (exact) mass is 381 g/mol. The predicted octanol–water partition coefficient (Wildman–Crippen LogP) is 2.49. The second kappa shape index (κ2) is 7.01. The van der Waals surface area contributed by atoms with Gasteiger partial charge in [0.2, 0.25) is 0 Å². The van der Waals surface area contributed by atoms with Gasteiger partial charge in [-0.25, -0.2) is 4.98 Å². The molecule has 0 unspecified atom stereocenters. The second-order valence-electron chi connectivity index (χ2n) is 6.91. The SMILES string of the molecule is Cc1noc2nc(-c3cccc([N+](=O)[O-])c3)cc(C(=O)N3CCN(C)CC3)c12. The lowest BCUT2D eigenvalue weighted by Crippen LogP contribution is -2.47. The van der Waals surface area contributed by atoms with Crippen LogP contribution in [0.5, 0.6) is 0 Å².